The highest BCUT2D eigenvalue weighted by molar-refractivity contribution is 6.30. The summed E-state index contributed by atoms with van der Waals surface area (Å²) in [7, 11) is 0. The molecule has 3 rings (SSSR count). The molecule has 0 saturated carbocycles. The van der Waals surface area contributed by atoms with Crippen LogP contribution in [0.25, 0.3) is 0 Å². The molecule has 9 heteroatoms. The van der Waals surface area contributed by atoms with Gasteiger partial charge in [0.05, 0.1) is 6.54 Å². The van der Waals surface area contributed by atoms with E-state index in [4.69, 9.17) is 11.6 Å². The summed E-state index contributed by atoms with van der Waals surface area (Å²) in [5.41, 5.74) is 0.685. The lowest BCUT2D eigenvalue weighted by Crippen LogP contribution is -2.51. The summed E-state index contributed by atoms with van der Waals surface area (Å²) in [4.78, 5) is 4.04. The third-order valence-corrected chi connectivity index (χ3v) is 5.29. The van der Waals surface area contributed by atoms with Gasteiger partial charge in [-0.15, -0.1) is 0 Å². The highest BCUT2D eigenvalue weighted by Crippen LogP contribution is 2.32. The number of piperazine rings is 1. The zero-order chi connectivity index (χ0) is 19.8. The first-order valence-corrected chi connectivity index (χ1v) is 9.08. The number of halogens is 4. The highest BCUT2D eigenvalue weighted by Gasteiger charge is 2.37. The maximum Gasteiger partial charge on any atom is 0.435 e. The molecule has 1 aliphatic rings. The largest absolute Gasteiger partial charge is 0.435 e. The van der Waals surface area contributed by atoms with Crippen LogP contribution in [0.1, 0.15) is 17.0 Å². The third kappa shape index (κ3) is 4.39. The lowest BCUT2D eigenvalue weighted by atomic mass is 10.2. The van der Waals surface area contributed by atoms with Gasteiger partial charge in [-0.3, -0.25) is 9.58 Å². The van der Waals surface area contributed by atoms with E-state index in [1.807, 2.05) is 29.2 Å². The summed E-state index contributed by atoms with van der Waals surface area (Å²) in [5, 5.41) is 14.8. The van der Waals surface area contributed by atoms with Crippen molar-refractivity contribution in [3.63, 3.8) is 0 Å². The van der Waals surface area contributed by atoms with Gasteiger partial charge < -0.3 is 10.0 Å². The summed E-state index contributed by atoms with van der Waals surface area (Å²) >= 11 is 5.91. The number of nitrogens with zero attached hydrogens (tertiary/aromatic N) is 4. The lowest BCUT2D eigenvalue weighted by Gasteiger charge is -2.38. The van der Waals surface area contributed by atoms with Crippen LogP contribution in [0, 0.1) is 13.8 Å². The first-order chi connectivity index (χ1) is 12.7. The van der Waals surface area contributed by atoms with Crippen molar-refractivity contribution in [1.29, 1.82) is 0 Å². The van der Waals surface area contributed by atoms with E-state index in [0.29, 0.717) is 36.9 Å². The molecule has 1 atom stereocenters. The number of rotatable bonds is 4. The normalized spacial score (nSPS) is 17.4. The van der Waals surface area contributed by atoms with Crippen LogP contribution in [-0.4, -0.2) is 52.2 Å². The molecule has 1 unspecified atom stereocenters. The van der Waals surface area contributed by atoms with Crippen molar-refractivity contribution in [2.45, 2.75) is 32.8 Å². The standard InChI is InChI=1S/C18H22ClF3N4O/c1-12-13(2)26(23-17(12)18(20,21)22)11-16(27)25-9-7-24(8-10-25)15-5-3-14(19)4-6-15/h3-6,16,27H,7-11H2,1-2H3. The Balaban J connectivity index is 1.62. The highest BCUT2D eigenvalue weighted by atomic mass is 35.5. The van der Waals surface area contributed by atoms with E-state index in [0.717, 1.165) is 5.69 Å². The fraction of sp³-hybridized carbons (Fsp3) is 0.500. The monoisotopic (exact) mass is 402 g/mol. The second-order valence-electron chi connectivity index (χ2n) is 6.72. The number of aromatic nitrogens is 2. The maximum atomic E-state index is 13.0. The first kappa shape index (κ1) is 20.0. The molecule has 0 aliphatic carbocycles. The number of hydrogen-bond donors (Lipinski definition) is 1. The van der Waals surface area contributed by atoms with Gasteiger partial charge in [0.25, 0.3) is 0 Å². The van der Waals surface area contributed by atoms with E-state index in [1.165, 1.54) is 11.6 Å². The molecule has 1 aliphatic heterocycles. The van der Waals surface area contributed by atoms with Crippen LogP contribution in [0.5, 0.6) is 0 Å². The van der Waals surface area contributed by atoms with Crippen LogP contribution in [-0.2, 0) is 12.7 Å². The second-order valence-corrected chi connectivity index (χ2v) is 7.16. The van der Waals surface area contributed by atoms with Crippen LogP contribution in [0.4, 0.5) is 18.9 Å². The SMILES string of the molecule is Cc1c(C(F)(F)F)nn(CC(O)N2CCN(c3ccc(Cl)cc3)CC2)c1C. The minimum atomic E-state index is -4.49. The van der Waals surface area contributed by atoms with E-state index < -0.39 is 18.1 Å². The number of aliphatic hydroxyl groups excluding tert-OH is 1. The molecular weight excluding hydrogens is 381 g/mol. The summed E-state index contributed by atoms with van der Waals surface area (Å²) in [6, 6.07) is 7.56. The molecule has 0 radical (unpaired) electrons. The Morgan fingerprint density at radius 3 is 2.22 bits per heavy atom. The Morgan fingerprint density at radius 1 is 1.11 bits per heavy atom. The number of benzene rings is 1. The quantitative estimate of drug-likeness (QED) is 0.852. The molecule has 1 N–H and O–H groups in total. The minimum Gasteiger partial charge on any atom is -0.376 e. The molecule has 0 spiro atoms. The summed E-state index contributed by atoms with van der Waals surface area (Å²) in [6.07, 6.45) is -5.38. The van der Waals surface area contributed by atoms with Crippen LogP contribution in [0.15, 0.2) is 24.3 Å². The maximum absolute atomic E-state index is 13.0. The van der Waals surface area contributed by atoms with Gasteiger partial charge in [-0.05, 0) is 38.1 Å². The summed E-state index contributed by atoms with van der Waals surface area (Å²) in [6.45, 7) is 5.63. The molecule has 1 fully saturated rings. The number of hydrogen-bond acceptors (Lipinski definition) is 4. The Kier molecular flexibility index (Phi) is 5.69. The van der Waals surface area contributed by atoms with Crippen molar-refractivity contribution in [3.05, 3.63) is 46.2 Å². The van der Waals surface area contributed by atoms with Crippen molar-refractivity contribution in [3.8, 4) is 0 Å². The zero-order valence-electron chi connectivity index (χ0n) is 15.2. The molecule has 148 valence electrons. The van der Waals surface area contributed by atoms with Crippen molar-refractivity contribution in [2.75, 3.05) is 31.1 Å². The Morgan fingerprint density at radius 2 is 1.70 bits per heavy atom. The van der Waals surface area contributed by atoms with Gasteiger partial charge in [0.15, 0.2) is 5.69 Å². The predicted molar refractivity (Wildman–Crippen MR) is 97.9 cm³/mol. The smallest absolute Gasteiger partial charge is 0.376 e. The zero-order valence-corrected chi connectivity index (χ0v) is 15.9. The molecule has 0 amide bonds. The first-order valence-electron chi connectivity index (χ1n) is 8.70. The Labute approximate surface area is 160 Å². The fourth-order valence-electron chi connectivity index (χ4n) is 3.28. The van der Waals surface area contributed by atoms with E-state index in [2.05, 4.69) is 10.00 Å². The molecule has 1 aromatic heterocycles. The molecule has 2 heterocycles. The van der Waals surface area contributed by atoms with Gasteiger partial charge in [-0.1, -0.05) is 11.6 Å². The predicted octanol–water partition coefficient (Wildman–Crippen LogP) is 3.31. The van der Waals surface area contributed by atoms with Crippen LogP contribution in [0.3, 0.4) is 0 Å². The van der Waals surface area contributed by atoms with Crippen molar-refractivity contribution in [2.24, 2.45) is 0 Å². The van der Waals surface area contributed by atoms with Gasteiger partial charge in [0, 0.05) is 48.1 Å². The average molecular weight is 403 g/mol. The Hall–Kier alpha value is -1.77. The van der Waals surface area contributed by atoms with Crippen molar-refractivity contribution in [1.82, 2.24) is 14.7 Å². The second kappa shape index (κ2) is 7.69. The number of alkyl halides is 3. The average Bonchev–Trinajstić information content (AvgIpc) is 2.91. The van der Waals surface area contributed by atoms with Gasteiger partial charge >= 0.3 is 6.18 Å². The van der Waals surface area contributed by atoms with Crippen LogP contribution >= 0.6 is 11.6 Å². The third-order valence-electron chi connectivity index (χ3n) is 5.04. The molecule has 2 aromatic rings. The number of aliphatic hydroxyl groups is 1. The number of anilines is 1. The summed E-state index contributed by atoms with van der Waals surface area (Å²) in [5.74, 6) is 0. The van der Waals surface area contributed by atoms with Crippen LogP contribution in [0.2, 0.25) is 5.02 Å². The van der Waals surface area contributed by atoms with E-state index in [-0.39, 0.29) is 12.1 Å². The van der Waals surface area contributed by atoms with Crippen LogP contribution < -0.4 is 4.90 Å². The molecule has 5 nitrogen and oxygen atoms in total. The summed E-state index contributed by atoms with van der Waals surface area (Å²) < 4.78 is 40.2. The van der Waals surface area contributed by atoms with Gasteiger partial charge in [-0.25, -0.2) is 0 Å². The molecular formula is C18H22ClF3N4O. The van der Waals surface area contributed by atoms with E-state index in [1.54, 1.807) is 6.92 Å². The minimum absolute atomic E-state index is 0.00367. The van der Waals surface area contributed by atoms with Crippen molar-refractivity contribution < 1.29 is 18.3 Å². The topological polar surface area (TPSA) is 44.5 Å². The van der Waals surface area contributed by atoms with Crippen molar-refractivity contribution >= 4 is 17.3 Å². The lowest BCUT2D eigenvalue weighted by molar-refractivity contribution is -0.142. The van der Waals surface area contributed by atoms with E-state index >= 15 is 0 Å². The van der Waals surface area contributed by atoms with Gasteiger partial charge in [0.1, 0.15) is 6.23 Å². The molecule has 27 heavy (non-hydrogen) atoms. The fourth-order valence-corrected chi connectivity index (χ4v) is 3.41. The molecule has 1 aromatic carbocycles. The van der Waals surface area contributed by atoms with Gasteiger partial charge in [0.2, 0.25) is 0 Å². The Bertz CT molecular complexity index is 783. The molecule has 0 bridgehead atoms. The molecule has 1 saturated heterocycles. The van der Waals surface area contributed by atoms with Gasteiger partial charge in [-0.2, -0.15) is 18.3 Å². The van der Waals surface area contributed by atoms with E-state index in [9.17, 15) is 18.3 Å².